The summed E-state index contributed by atoms with van der Waals surface area (Å²) in [6.45, 7) is 1.92. The minimum Gasteiger partial charge on any atom is -0.478 e. The highest BCUT2D eigenvalue weighted by Gasteiger charge is 2.53. The van der Waals surface area contributed by atoms with E-state index in [4.69, 9.17) is 5.11 Å². The molecule has 0 radical (unpaired) electrons. The third-order valence-corrected chi connectivity index (χ3v) is 4.95. The van der Waals surface area contributed by atoms with Crippen LogP contribution in [0.5, 0.6) is 0 Å². The Labute approximate surface area is 105 Å². The van der Waals surface area contributed by atoms with Gasteiger partial charge in [-0.05, 0) is 43.1 Å². The van der Waals surface area contributed by atoms with Gasteiger partial charge in [0, 0.05) is 23.3 Å². The molecule has 2 aliphatic rings. The number of carboxylic acid groups (broad SMARTS) is 1. The molecule has 4 heteroatoms. The summed E-state index contributed by atoms with van der Waals surface area (Å²) in [5.74, 6) is 0.150. The van der Waals surface area contributed by atoms with Gasteiger partial charge in [0.05, 0.1) is 5.56 Å². The highest BCUT2D eigenvalue weighted by Crippen LogP contribution is 2.60. The summed E-state index contributed by atoms with van der Waals surface area (Å²) in [5.41, 5.74) is 1.03. The normalized spacial score (nSPS) is 21.4. The molecule has 0 aromatic carbocycles. The van der Waals surface area contributed by atoms with E-state index in [1.807, 2.05) is 0 Å². The smallest absolute Gasteiger partial charge is 0.336 e. The monoisotopic (exact) mass is 251 g/mol. The zero-order chi connectivity index (χ0) is 11.9. The molecule has 3 rings (SSSR count). The van der Waals surface area contributed by atoms with Crippen LogP contribution in [-0.4, -0.2) is 17.6 Å². The van der Waals surface area contributed by atoms with E-state index in [-0.39, 0.29) is 0 Å². The molecule has 2 saturated carbocycles. The van der Waals surface area contributed by atoms with Crippen molar-refractivity contribution in [3.05, 3.63) is 21.9 Å². The van der Waals surface area contributed by atoms with E-state index in [0.29, 0.717) is 11.0 Å². The molecule has 0 bridgehead atoms. The number of carboxylic acids is 1. The van der Waals surface area contributed by atoms with Crippen LogP contribution in [0.1, 0.15) is 40.9 Å². The number of aromatic carboxylic acids is 1. The molecular weight excluding hydrogens is 234 g/mol. The van der Waals surface area contributed by atoms with Crippen LogP contribution in [0.4, 0.5) is 0 Å². The number of hydrogen-bond donors (Lipinski definition) is 2. The summed E-state index contributed by atoms with van der Waals surface area (Å²) < 4.78 is 0. The number of thiophene rings is 1. The highest BCUT2D eigenvalue weighted by molar-refractivity contribution is 7.10. The van der Waals surface area contributed by atoms with Crippen LogP contribution in [0.25, 0.3) is 0 Å². The summed E-state index contributed by atoms with van der Waals surface area (Å²) in [7, 11) is 0. The standard InChI is InChI=1S/C13H17NO2S/c15-12(16)9-5-11(17-7-9)6-14-8-13(3-4-13)10-1-2-10/h5,7,10,14H,1-4,6,8H2,(H,15,16). The van der Waals surface area contributed by atoms with E-state index in [9.17, 15) is 4.79 Å². The van der Waals surface area contributed by atoms with Gasteiger partial charge in [0.1, 0.15) is 0 Å². The summed E-state index contributed by atoms with van der Waals surface area (Å²) >= 11 is 1.53. The molecular formula is C13H17NO2S. The zero-order valence-corrected chi connectivity index (χ0v) is 10.6. The first-order valence-corrected chi connectivity index (χ1v) is 7.09. The fourth-order valence-electron chi connectivity index (χ4n) is 2.61. The van der Waals surface area contributed by atoms with Crippen molar-refractivity contribution in [2.24, 2.45) is 11.3 Å². The molecule has 2 aliphatic carbocycles. The van der Waals surface area contributed by atoms with Crippen molar-refractivity contribution in [3.63, 3.8) is 0 Å². The van der Waals surface area contributed by atoms with Crippen molar-refractivity contribution < 1.29 is 9.90 Å². The van der Waals surface area contributed by atoms with Gasteiger partial charge >= 0.3 is 5.97 Å². The molecule has 2 fully saturated rings. The Morgan fingerprint density at radius 2 is 2.29 bits per heavy atom. The summed E-state index contributed by atoms with van der Waals surface area (Å²) in [4.78, 5) is 11.9. The average Bonchev–Trinajstić information content (AvgIpc) is 3.17. The van der Waals surface area contributed by atoms with Crippen molar-refractivity contribution in [2.75, 3.05) is 6.54 Å². The Kier molecular flexibility index (Phi) is 2.71. The first-order chi connectivity index (χ1) is 8.20. The van der Waals surface area contributed by atoms with Crippen molar-refractivity contribution >= 4 is 17.3 Å². The molecule has 0 spiro atoms. The number of rotatable bonds is 6. The SMILES string of the molecule is O=C(O)c1csc(CNCC2(C3CC3)CC2)c1. The number of hydrogen-bond acceptors (Lipinski definition) is 3. The van der Waals surface area contributed by atoms with Crippen LogP contribution in [0.15, 0.2) is 11.4 Å². The van der Waals surface area contributed by atoms with E-state index < -0.39 is 5.97 Å². The summed E-state index contributed by atoms with van der Waals surface area (Å²) in [6.07, 6.45) is 5.61. The van der Waals surface area contributed by atoms with E-state index in [1.54, 1.807) is 11.4 Å². The van der Waals surface area contributed by atoms with Crippen molar-refractivity contribution in [3.8, 4) is 0 Å². The molecule has 1 heterocycles. The van der Waals surface area contributed by atoms with Gasteiger partial charge in [-0.2, -0.15) is 0 Å². The lowest BCUT2D eigenvalue weighted by molar-refractivity contribution is 0.0697. The summed E-state index contributed by atoms with van der Waals surface area (Å²) in [6, 6.07) is 1.77. The minimum absolute atomic E-state index is 0.412. The Morgan fingerprint density at radius 3 is 2.82 bits per heavy atom. The first kappa shape index (κ1) is 11.2. The lowest BCUT2D eigenvalue weighted by Crippen LogP contribution is -2.24. The average molecular weight is 251 g/mol. The third-order valence-electron chi connectivity index (χ3n) is 4.01. The van der Waals surface area contributed by atoms with Gasteiger partial charge in [-0.25, -0.2) is 4.79 Å². The molecule has 0 saturated heterocycles. The third kappa shape index (κ3) is 2.38. The number of nitrogens with one attached hydrogen (secondary N) is 1. The van der Waals surface area contributed by atoms with Gasteiger partial charge in [-0.1, -0.05) is 0 Å². The lowest BCUT2D eigenvalue weighted by atomic mass is 10.0. The molecule has 0 amide bonds. The van der Waals surface area contributed by atoms with Crippen molar-refractivity contribution in [1.29, 1.82) is 0 Å². The molecule has 1 aromatic rings. The highest BCUT2D eigenvalue weighted by atomic mass is 32.1. The Morgan fingerprint density at radius 1 is 1.53 bits per heavy atom. The van der Waals surface area contributed by atoms with Crippen LogP contribution >= 0.6 is 11.3 Å². The maximum atomic E-state index is 10.7. The molecule has 3 nitrogen and oxygen atoms in total. The molecule has 92 valence electrons. The number of carbonyl (C=O) groups is 1. The van der Waals surface area contributed by atoms with Gasteiger partial charge in [0.2, 0.25) is 0 Å². The maximum absolute atomic E-state index is 10.7. The minimum atomic E-state index is -0.829. The quantitative estimate of drug-likeness (QED) is 0.817. The van der Waals surface area contributed by atoms with Gasteiger partial charge in [-0.15, -0.1) is 11.3 Å². The first-order valence-electron chi connectivity index (χ1n) is 6.21. The van der Waals surface area contributed by atoms with Gasteiger partial charge in [-0.3, -0.25) is 0 Å². The Hall–Kier alpha value is -0.870. The van der Waals surface area contributed by atoms with E-state index in [0.717, 1.165) is 23.9 Å². The predicted molar refractivity (Wildman–Crippen MR) is 67.4 cm³/mol. The van der Waals surface area contributed by atoms with Crippen molar-refractivity contribution in [1.82, 2.24) is 5.32 Å². The fourth-order valence-corrected chi connectivity index (χ4v) is 3.43. The molecule has 0 atom stereocenters. The van der Waals surface area contributed by atoms with Crippen molar-refractivity contribution in [2.45, 2.75) is 32.2 Å². The van der Waals surface area contributed by atoms with Crippen LogP contribution in [0.2, 0.25) is 0 Å². The van der Waals surface area contributed by atoms with Crippen LogP contribution in [0, 0.1) is 11.3 Å². The lowest BCUT2D eigenvalue weighted by Gasteiger charge is -2.14. The van der Waals surface area contributed by atoms with Crippen LogP contribution in [0.3, 0.4) is 0 Å². The largest absolute Gasteiger partial charge is 0.478 e. The Balaban J connectivity index is 1.48. The second-order valence-corrected chi connectivity index (χ2v) is 6.34. The van der Waals surface area contributed by atoms with Gasteiger partial charge in [0.25, 0.3) is 0 Å². The summed E-state index contributed by atoms with van der Waals surface area (Å²) in [5, 5.41) is 14.0. The van der Waals surface area contributed by atoms with E-state index in [2.05, 4.69) is 5.32 Å². The van der Waals surface area contributed by atoms with Gasteiger partial charge < -0.3 is 10.4 Å². The van der Waals surface area contributed by atoms with E-state index >= 15 is 0 Å². The fraction of sp³-hybridized carbons (Fsp3) is 0.615. The second kappa shape index (κ2) is 4.10. The molecule has 0 aliphatic heterocycles. The molecule has 1 aromatic heterocycles. The maximum Gasteiger partial charge on any atom is 0.336 e. The topological polar surface area (TPSA) is 49.3 Å². The van der Waals surface area contributed by atoms with Gasteiger partial charge in [0.15, 0.2) is 0 Å². The van der Waals surface area contributed by atoms with Crippen LogP contribution < -0.4 is 5.32 Å². The zero-order valence-electron chi connectivity index (χ0n) is 9.74. The second-order valence-electron chi connectivity index (χ2n) is 5.35. The predicted octanol–water partition coefficient (Wildman–Crippen LogP) is 2.73. The molecule has 17 heavy (non-hydrogen) atoms. The van der Waals surface area contributed by atoms with Crippen LogP contribution in [-0.2, 0) is 6.54 Å². The molecule has 2 N–H and O–H groups in total. The molecule has 0 unspecified atom stereocenters. The Bertz CT molecular complexity index is 432. The van der Waals surface area contributed by atoms with E-state index in [1.165, 1.54) is 37.0 Å².